The third kappa shape index (κ3) is 8.70. The van der Waals surface area contributed by atoms with Crippen LogP contribution >= 0.6 is 0 Å². The van der Waals surface area contributed by atoms with Gasteiger partial charge in [0.25, 0.3) is 0 Å². The molecule has 0 saturated carbocycles. The van der Waals surface area contributed by atoms with E-state index < -0.39 is 0 Å². The van der Waals surface area contributed by atoms with Gasteiger partial charge in [-0.25, -0.2) is 12.2 Å². The van der Waals surface area contributed by atoms with Gasteiger partial charge in [-0.3, -0.25) is 6.08 Å². The molecule has 0 aliphatic heterocycles. The van der Waals surface area contributed by atoms with E-state index in [0.717, 1.165) is 6.42 Å². The number of rotatable bonds is 0. The molecule has 0 N–H and O–H groups in total. The van der Waals surface area contributed by atoms with Crippen molar-refractivity contribution in [1.82, 2.24) is 0 Å². The predicted octanol–water partition coefficient (Wildman–Crippen LogP) is 1.82. The summed E-state index contributed by atoms with van der Waals surface area (Å²) >= 11 is 1.59. The third-order valence-electron chi connectivity index (χ3n) is 4.61. The Labute approximate surface area is 210 Å². The molecule has 0 radical (unpaired) electrons. The minimum Gasteiger partial charge on any atom is -1.00 e. The van der Waals surface area contributed by atoms with Gasteiger partial charge in [0.15, 0.2) is 0 Å². The molecule has 3 aromatic rings. The molecular formula is C27H32Cl2Zr-2. The number of allylic oxidation sites excluding steroid dienone is 4. The summed E-state index contributed by atoms with van der Waals surface area (Å²) < 4.78 is 1.66. The molecule has 0 amide bonds. The van der Waals surface area contributed by atoms with E-state index >= 15 is 0 Å². The Balaban J connectivity index is 0.000000444. The molecule has 0 spiro atoms. The standard InChI is InChI=1S/C13H9.C9H18.C5H5.2ClH.Zr/c1-3-7-12-10(5-1)9-11-6-2-4-8-13(11)12;1-8(2,3)7-9(4,5)6;1-2-4-5-3-1;;;/h1-9H;1-6H3;1-3H,4H2;2*1H;/q-1;;-1;;;+2/p-2. The molecule has 0 unspecified atom stereocenters. The van der Waals surface area contributed by atoms with Gasteiger partial charge in [0.05, 0.1) is 0 Å². The zero-order valence-electron chi connectivity index (χ0n) is 18.9. The predicted molar refractivity (Wildman–Crippen MR) is 123 cm³/mol. The molecule has 3 heteroatoms. The zero-order chi connectivity index (χ0) is 20.8. The molecule has 1 aliphatic rings. The molecule has 3 aromatic carbocycles. The van der Waals surface area contributed by atoms with Gasteiger partial charge in [-0.05, 0) is 0 Å². The van der Waals surface area contributed by atoms with Crippen LogP contribution in [-0.4, -0.2) is 3.21 Å². The van der Waals surface area contributed by atoms with Crippen LogP contribution in [-0.2, 0) is 24.2 Å². The summed E-state index contributed by atoms with van der Waals surface area (Å²) in [5.74, 6) is 0. The molecule has 4 rings (SSSR count). The monoisotopic (exact) mass is 516 g/mol. The molecule has 0 aromatic heterocycles. The summed E-state index contributed by atoms with van der Waals surface area (Å²) in [6.07, 6.45) is 10.0. The van der Waals surface area contributed by atoms with Crippen LogP contribution < -0.4 is 24.8 Å². The average Bonchev–Trinajstić information content (AvgIpc) is 3.31. The molecule has 0 bridgehead atoms. The summed E-state index contributed by atoms with van der Waals surface area (Å²) in [6.45, 7) is 13.8. The van der Waals surface area contributed by atoms with Crippen LogP contribution in [0.15, 0.2) is 72.8 Å². The Hall–Kier alpha value is -0.877. The number of hydrogen-bond acceptors (Lipinski definition) is 0. The first-order valence-corrected chi connectivity index (χ1v) is 11.2. The van der Waals surface area contributed by atoms with Crippen molar-refractivity contribution in [3.8, 4) is 0 Å². The number of halogens is 2. The van der Waals surface area contributed by atoms with E-state index in [-0.39, 0.29) is 24.8 Å². The van der Waals surface area contributed by atoms with Crippen LogP contribution in [0.3, 0.4) is 0 Å². The third-order valence-corrected chi connectivity index (χ3v) is 8.30. The first kappa shape index (κ1) is 29.1. The molecule has 0 nitrogen and oxygen atoms in total. The van der Waals surface area contributed by atoms with Crippen molar-refractivity contribution in [3.05, 3.63) is 78.9 Å². The van der Waals surface area contributed by atoms with Crippen molar-refractivity contribution in [1.29, 1.82) is 0 Å². The Morgan fingerprint density at radius 2 is 1.23 bits per heavy atom. The van der Waals surface area contributed by atoms with Crippen LogP contribution in [0.1, 0.15) is 48.0 Å². The van der Waals surface area contributed by atoms with Gasteiger partial charge in [-0.1, -0.05) is 36.4 Å². The summed E-state index contributed by atoms with van der Waals surface area (Å²) in [4.78, 5) is 0. The first-order chi connectivity index (χ1) is 13.1. The smallest absolute Gasteiger partial charge is 0.0771 e. The van der Waals surface area contributed by atoms with Gasteiger partial charge >= 0.3 is 79.8 Å². The van der Waals surface area contributed by atoms with Crippen molar-refractivity contribution in [2.45, 2.75) is 48.0 Å². The number of benzene rings is 2. The fraction of sp³-hybridized carbons (Fsp3) is 0.333. The zero-order valence-corrected chi connectivity index (χ0v) is 22.9. The van der Waals surface area contributed by atoms with Crippen molar-refractivity contribution in [3.63, 3.8) is 0 Å². The van der Waals surface area contributed by atoms with Crippen LogP contribution in [0, 0.1) is 16.9 Å². The second kappa shape index (κ2) is 12.9. The molecule has 0 fully saturated rings. The number of fused-ring (bicyclic) bond motifs is 3. The summed E-state index contributed by atoms with van der Waals surface area (Å²) in [5.41, 5.74) is 0.799. The van der Waals surface area contributed by atoms with E-state index in [9.17, 15) is 0 Å². The van der Waals surface area contributed by atoms with Crippen LogP contribution in [0.25, 0.3) is 21.5 Å². The quantitative estimate of drug-likeness (QED) is 0.399. The minimum absolute atomic E-state index is 0. The SMILES string of the molecule is CC(C)(C)[C](=[Zr+2])C(C)(C)C.[C-]1=CC=CC1.[Cl-].[Cl-].c1ccc2c(c1)[cH-]c1ccccc12. The summed E-state index contributed by atoms with van der Waals surface area (Å²) in [6, 6.07) is 19.3. The second-order valence-corrected chi connectivity index (χ2v) is 10.4. The van der Waals surface area contributed by atoms with Crippen LogP contribution in [0.4, 0.5) is 0 Å². The van der Waals surface area contributed by atoms with Crippen molar-refractivity contribution >= 4 is 24.8 Å². The van der Waals surface area contributed by atoms with Gasteiger partial charge < -0.3 is 24.8 Å². The van der Waals surface area contributed by atoms with Crippen molar-refractivity contribution in [2.24, 2.45) is 10.8 Å². The number of hydrogen-bond donors (Lipinski definition) is 0. The largest absolute Gasteiger partial charge is 1.00 e. The fourth-order valence-corrected chi connectivity index (χ4v) is 3.37. The Morgan fingerprint density at radius 1 is 0.800 bits per heavy atom. The molecule has 0 heterocycles. The van der Waals surface area contributed by atoms with E-state index in [1.54, 1.807) is 27.4 Å². The van der Waals surface area contributed by atoms with Crippen LogP contribution in [0.2, 0.25) is 0 Å². The van der Waals surface area contributed by atoms with Crippen LogP contribution in [0.5, 0.6) is 0 Å². The summed E-state index contributed by atoms with van der Waals surface area (Å²) in [5, 5.41) is 5.39. The fourth-order valence-electron chi connectivity index (χ4n) is 3.37. The van der Waals surface area contributed by atoms with E-state index in [0.29, 0.717) is 10.8 Å². The molecule has 1 aliphatic carbocycles. The molecule has 0 atom stereocenters. The molecular weight excluding hydrogens is 486 g/mol. The maximum Gasteiger partial charge on any atom is -0.0771 e. The Bertz CT molecular complexity index is 903. The van der Waals surface area contributed by atoms with Crippen molar-refractivity contribution < 1.29 is 49.0 Å². The van der Waals surface area contributed by atoms with Crippen molar-refractivity contribution in [2.75, 3.05) is 0 Å². The molecule has 0 saturated heterocycles. The van der Waals surface area contributed by atoms with E-state index in [2.05, 4.69) is 108 Å². The van der Waals surface area contributed by atoms with E-state index in [1.807, 2.05) is 12.2 Å². The Kier molecular flexibility index (Phi) is 12.5. The van der Waals surface area contributed by atoms with E-state index in [1.165, 1.54) is 21.5 Å². The normalized spacial score (nSPS) is 12.3. The first-order valence-electron chi connectivity index (χ1n) is 9.95. The van der Waals surface area contributed by atoms with Gasteiger partial charge in [0.1, 0.15) is 0 Å². The van der Waals surface area contributed by atoms with Gasteiger partial charge in [0, 0.05) is 0 Å². The van der Waals surface area contributed by atoms with Gasteiger partial charge in [-0.2, -0.15) is 6.08 Å². The topological polar surface area (TPSA) is 0 Å². The maximum absolute atomic E-state index is 2.99. The van der Waals surface area contributed by atoms with Gasteiger partial charge in [0.2, 0.25) is 0 Å². The minimum atomic E-state index is 0. The Morgan fingerprint density at radius 3 is 1.50 bits per heavy atom. The van der Waals surface area contributed by atoms with E-state index in [4.69, 9.17) is 0 Å². The van der Waals surface area contributed by atoms with Gasteiger partial charge in [-0.15, -0.1) is 46.2 Å². The second-order valence-electron chi connectivity index (χ2n) is 9.20. The average molecular weight is 519 g/mol. The summed E-state index contributed by atoms with van der Waals surface area (Å²) in [7, 11) is 0. The molecule has 30 heavy (non-hydrogen) atoms. The maximum atomic E-state index is 2.99. The molecule has 160 valence electrons.